The Balaban J connectivity index is 1.58. The molecule has 1 aliphatic carbocycles. The number of hydrogen-bond acceptors (Lipinski definition) is 4. The van der Waals surface area contributed by atoms with Crippen LogP contribution in [0.2, 0.25) is 0 Å². The maximum Gasteiger partial charge on any atom is 0.248 e. The van der Waals surface area contributed by atoms with Crippen LogP contribution in [0, 0.1) is 5.92 Å². The second-order valence-corrected chi connectivity index (χ2v) is 6.12. The van der Waals surface area contributed by atoms with E-state index in [1.54, 1.807) is 0 Å². The molecule has 1 saturated carbocycles. The fourth-order valence-electron chi connectivity index (χ4n) is 2.67. The molecule has 1 N–H and O–H groups in total. The van der Waals surface area contributed by atoms with E-state index in [2.05, 4.69) is 31.4 Å². The fourth-order valence-corrected chi connectivity index (χ4v) is 3.12. The van der Waals surface area contributed by atoms with Crippen molar-refractivity contribution >= 4 is 15.9 Å². The third-order valence-corrected chi connectivity index (χ3v) is 4.45. The van der Waals surface area contributed by atoms with Crippen molar-refractivity contribution in [3.63, 3.8) is 0 Å². The van der Waals surface area contributed by atoms with Gasteiger partial charge in [0.1, 0.15) is 0 Å². The van der Waals surface area contributed by atoms with E-state index in [4.69, 9.17) is 4.42 Å². The van der Waals surface area contributed by atoms with E-state index < -0.39 is 0 Å². The second-order valence-electron chi connectivity index (χ2n) is 5.26. The van der Waals surface area contributed by atoms with E-state index >= 15 is 0 Å². The molecule has 20 heavy (non-hydrogen) atoms. The van der Waals surface area contributed by atoms with Crippen LogP contribution >= 0.6 is 15.9 Å². The van der Waals surface area contributed by atoms with Crippen molar-refractivity contribution in [2.24, 2.45) is 5.92 Å². The van der Waals surface area contributed by atoms with Crippen LogP contribution in [-0.2, 0) is 6.54 Å². The summed E-state index contributed by atoms with van der Waals surface area (Å²) in [6.07, 6.45) is 5.44. The normalized spacial score (nSPS) is 15.8. The molecule has 0 amide bonds. The van der Waals surface area contributed by atoms with Gasteiger partial charge in [-0.3, -0.25) is 0 Å². The number of hydrogen-bond donors (Lipinski definition) is 1. The average Bonchev–Trinajstić information content (AvgIpc) is 3.11. The van der Waals surface area contributed by atoms with Crippen molar-refractivity contribution in [1.29, 1.82) is 0 Å². The summed E-state index contributed by atoms with van der Waals surface area (Å²) >= 11 is 3.50. The summed E-state index contributed by atoms with van der Waals surface area (Å²) in [6.45, 7) is 1.70. The topological polar surface area (TPSA) is 51.0 Å². The van der Waals surface area contributed by atoms with Crippen molar-refractivity contribution in [1.82, 2.24) is 15.5 Å². The van der Waals surface area contributed by atoms with E-state index in [0.717, 1.165) is 22.5 Å². The maximum absolute atomic E-state index is 5.70. The summed E-state index contributed by atoms with van der Waals surface area (Å²) < 4.78 is 6.67. The molecule has 106 valence electrons. The lowest BCUT2D eigenvalue weighted by Crippen LogP contribution is -2.20. The van der Waals surface area contributed by atoms with Gasteiger partial charge in [-0.15, -0.1) is 10.2 Å². The summed E-state index contributed by atoms with van der Waals surface area (Å²) in [5, 5.41) is 11.6. The number of benzene rings is 1. The molecule has 1 aromatic carbocycles. The van der Waals surface area contributed by atoms with Gasteiger partial charge in [-0.2, -0.15) is 0 Å². The van der Waals surface area contributed by atoms with Crippen LogP contribution in [-0.4, -0.2) is 16.7 Å². The Bertz CT molecular complexity index is 564. The minimum absolute atomic E-state index is 0.565. The molecular weight excluding hydrogens is 318 g/mol. The van der Waals surface area contributed by atoms with Gasteiger partial charge in [-0.25, -0.2) is 0 Å². The molecule has 3 rings (SSSR count). The van der Waals surface area contributed by atoms with E-state index in [1.165, 1.54) is 25.7 Å². The maximum atomic E-state index is 5.70. The molecule has 0 spiro atoms. The smallest absolute Gasteiger partial charge is 0.248 e. The molecule has 0 saturated heterocycles. The third kappa shape index (κ3) is 3.27. The van der Waals surface area contributed by atoms with Gasteiger partial charge in [-0.05, 0) is 53.4 Å². The molecule has 1 aliphatic rings. The Morgan fingerprint density at radius 3 is 2.80 bits per heavy atom. The fraction of sp³-hybridized carbons (Fsp3) is 0.467. The Labute approximate surface area is 127 Å². The SMILES string of the molecule is Brc1ccccc1-c1nnc(CNCC2CCCC2)o1. The monoisotopic (exact) mass is 335 g/mol. The van der Waals surface area contributed by atoms with Crippen LogP contribution in [0.3, 0.4) is 0 Å². The zero-order valence-electron chi connectivity index (χ0n) is 11.3. The van der Waals surface area contributed by atoms with Crippen LogP contribution in [0.25, 0.3) is 11.5 Å². The molecular formula is C15H18BrN3O. The molecule has 1 aromatic heterocycles. The van der Waals surface area contributed by atoms with Gasteiger partial charge in [0, 0.05) is 4.47 Å². The van der Waals surface area contributed by atoms with Gasteiger partial charge >= 0.3 is 0 Å². The van der Waals surface area contributed by atoms with Crippen molar-refractivity contribution in [2.45, 2.75) is 32.2 Å². The predicted octanol–water partition coefficient (Wildman–Crippen LogP) is 3.78. The average molecular weight is 336 g/mol. The minimum Gasteiger partial charge on any atom is -0.419 e. The van der Waals surface area contributed by atoms with Crippen LogP contribution in [0.1, 0.15) is 31.6 Å². The summed E-state index contributed by atoms with van der Waals surface area (Å²) in [5.74, 6) is 2.03. The summed E-state index contributed by atoms with van der Waals surface area (Å²) in [4.78, 5) is 0. The van der Waals surface area contributed by atoms with Gasteiger partial charge in [0.15, 0.2) is 0 Å². The molecule has 0 atom stereocenters. The quantitative estimate of drug-likeness (QED) is 0.903. The highest BCUT2D eigenvalue weighted by Gasteiger charge is 2.15. The zero-order valence-corrected chi connectivity index (χ0v) is 12.9. The standard InChI is InChI=1S/C15H18BrN3O/c16-13-8-4-3-7-12(13)15-19-18-14(20-15)10-17-9-11-5-1-2-6-11/h3-4,7-8,11,17H,1-2,5-6,9-10H2. The van der Waals surface area contributed by atoms with Crippen LogP contribution < -0.4 is 5.32 Å². The number of nitrogens with one attached hydrogen (secondary N) is 1. The number of aromatic nitrogens is 2. The molecule has 4 nitrogen and oxygen atoms in total. The summed E-state index contributed by atoms with van der Waals surface area (Å²) in [7, 11) is 0. The van der Waals surface area contributed by atoms with Crippen molar-refractivity contribution in [3.8, 4) is 11.5 Å². The molecule has 1 heterocycles. The van der Waals surface area contributed by atoms with E-state index in [1.807, 2.05) is 24.3 Å². The van der Waals surface area contributed by atoms with Crippen molar-refractivity contribution in [3.05, 3.63) is 34.6 Å². The third-order valence-electron chi connectivity index (χ3n) is 3.76. The number of halogens is 1. The Morgan fingerprint density at radius 2 is 2.00 bits per heavy atom. The van der Waals surface area contributed by atoms with Gasteiger partial charge in [0.25, 0.3) is 0 Å². The molecule has 2 aromatic rings. The first-order chi connectivity index (χ1) is 9.83. The second kappa shape index (κ2) is 6.50. The largest absolute Gasteiger partial charge is 0.419 e. The lowest BCUT2D eigenvalue weighted by molar-refractivity contribution is 0.439. The molecule has 0 aliphatic heterocycles. The first-order valence-electron chi connectivity index (χ1n) is 7.11. The Morgan fingerprint density at radius 1 is 1.20 bits per heavy atom. The van der Waals surface area contributed by atoms with E-state index in [9.17, 15) is 0 Å². The van der Waals surface area contributed by atoms with Gasteiger partial charge in [0.2, 0.25) is 11.8 Å². The molecule has 0 bridgehead atoms. The van der Waals surface area contributed by atoms with E-state index in [0.29, 0.717) is 18.3 Å². The lowest BCUT2D eigenvalue weighted by Gasteiger charge is -2.08. The Hall–Kier alpha value is -1.20. The summed E-state index contributed by atoms with van der Waals surface area (Å²) in [6, 6.07) is 7.86. The lowest BCUT2D eigenvalue weighted by atomic mass is 10.1. The van der Waals surface area contributed by atoms with Crippen molar-refractivity contribution in [2.75, 3.05) is 6.54 Å². The summed E-state index contributed by atoms with van der Waals surface area (Å²) in [5.41, 5.74) is 0.932. The molecule has 0 unspecified atom stereocenters. The van der Waals surface area contributed by atoms with Crippen LogP contribution in [0.4, 0.5) is 0 Å². The van der Waals surface area contributed by atoms with Crippen LogP contribution in [0.15, 0.2) is 33.2 Å². The first-order valence-corrected chi connectivity index (χ1v) is 7.90. The number of nitrogens with zero attached hydrogens (tertiary/aromatic N) is 2. The number of rotatable bonds is 5. The molecule has 0 radical (unpaired) electrons. The van der Waals surface area contributed by atoms with Gasteiger partial charge in [0.05, 0.1) is 12.1 Å². The molecule has 1 fully saturated rings. The van der Waals surface area contributed by atoms with Gasteiger partial charge < -0.3 is 9.73 Å². The van der Waals surface area contributed by atoms with Crippen LogP contribution in [0.5, 0.6) is 0 Å². The molecule has 5 heteroatoms. The predicted molar refractivity (Wildman–Crippen MR) is 81.1 cm³/mol. The van der Waals surface area contributed by atoms with E-state index in [-0.39, 0.29) is 0 Å². The van der Waals surface area contributed by atoms with Gasteiger partial charge in [-0.1, -0.05) is 25.0 Å². The highest BCUT2D eigenvalue weighted by Crippen LogP contribution is 2.27. The van der Waals surface area contributed by atoms with Crippen molar-refractivity contribution < 1.29 is 4.42 Å². The minimum atomic E-state index is 0.565. The highest BCUT2D eigenvalue weighted by atomic mass is 79.9. The first kappa shape index (κ1) is 13.8. The zero-order chi connectivity index (χ0) is 13.8. The highest BCUT2D eigenvalue weighted by molar-refractivity contribution is 9.10. The Kier molecular flexibility index (Phi) is 4.47.